The summed E-state index contributed by atoms with van der Waals surface area (Å²) in [6.07, 6.45) is 0. The second-order valence-electron chi connectivity index (χ2n) is 3.39. The Balaban J connectivity index is 0.000000771. The number of ketones is 2. The highest BCUT2D eigenvalue weighted by Gasteiger charge is 2.16. The SMILES string of the molecule is O=C(C(=O)c1ccccc1)c1ccccc1.[C-]#N. The molecule has 0 atom stereocenters. The molecule has 0 amide bonds. The van der Waals surface area contributed by atoms with Crippen molar-refractivity contribution in [2.45, 2.75) is 0 Å². The highest BCUT2D eigenvalue weighted by Crippen LogP contribution is 2.07. The second-order valence-corrected chi connectivity index (χ2v) is 3.39. The van der Waals surface area contributed by atoms with E-state index in [4.69, 9.17) is 11.8 Å². The topological polar surface area (TPSA) is 57.9 Å². The zero-order valence-electron chi connectivity index (χ0n) is 9.54. The van der Waals surface area contributed by atoms with Gasteiger partial charge in [0.1, 0.15) is 0 Å². The summed E-state index contributed by atoms with van der Waals surface area (Å²) in [7, 11) is 0. The van der Waals surface area contributed by atoms with Crippen LogP contribution in [0.3, 0.4) is 0 Å². The molecule has 0 heterocycles. The van der Waals surface area contributed by atoms with Crippen molar-refractivity contribution in [1.82, 2.24) is 0 Å². The highest BCUT2D eigenvalue weighted by molar-refractivity contribution is 6.49. The lowest BCUT2D eigenvalue weighted by Gasteiger charge is -1.99. The maximum absolute atomic E-state index is 11.8. The van der Waals surface area contributed by atoms with Crippen LogP contribution < -0.4 is 0 Å². The van der Waals surface area contributed by atoms with Gasteiger partial charge in [0.2, 0.25) is 11.6 Å². The minimum atomic E-state index is -0.466. The van der Waals surface area contributed by atoms with Crippen molar-refractivity contribution < 1.29 is 9.59 Å². The van der Waals surface area contributed by atoms with Gasteiger partial charge in [0.15, 0.2) is 0 Å². The summed E-state index contributed by atoms with van der Waals surface area (Å²) < 4.78 is 0. The summed E-state index contributed by atoms with van der Waals surface area (Å²) in [5.74, 6) is -0.932. The molecule has 0 fully saturated rings. The molecule has 0 aromatic heterocycles. The van der Waals surface area contributed by atoms with Gasteiger partial charge in [-0.15, -0.1) is 0 Å². The largest absolute Gasteiger partial charge is 0.512 e. The molecule has 0 aliphatic rings. The molecule has 2 rings (SSSR count). The maximum Gasteiger partial charge on any atom is 0.233 e. The van der Waals surface area contributed by atoms with E-state index >= 15 is 0 Å². The number of nitrogens with zero attached hydrogens (tertiary/aromatic N) is 1. The van der Waals surface area contributed by atoms with Crippen molar-refractivity contribution in [3.8, 4) is 0 Å². The summed E-state index contributed by atoms with van der Waals surface area (Å²) in [4.78, 5) is 23.6. The van der Waals surface area contributed by atoms with Crippen molar-refractivity contribution in [2.24, 2.45) is 0 Å². The van der Waals surface area contributed by atoms with E-state index in [1.54, 1.807) is 48.5 Å². The van der Waals surface area contributed by atoms with Gasteiger partial charge >= 0.3 is 0 Å². The lowest BCUT2D eigenvalue weighted by molar-refractivity contribution is 0.0817. The number of hydrogen-bond donors (Lipinski definition) is 0. The van der Waals surface area contributed by atoms with Crippen molar-refractivity contribution in [3.05, 3.63) is 78.4 Å². The van der Waals surface area contributed by atoms with Crippen molar-refractivity contribution in [1.29, 1.82) is 5.26 Å². The number of Topliss-reactive ketones (excluding diaryl/α,β-unsaturated/α-hetero) is 2. The predicted molar refractivity (Wildman–Crippen MR) is 66.5 cm³/mol. The third-order valence-corrected chi connectivity index (χ3v) is 2.28. The van der Waals surface area contributed by atoms with Gasteiger partial charge in [0.05, 0.1) is 0 Å². The van der Waals surface area contributed by atoms with Crippen molar-refractivity contribution in [2.75, 3.05) is 0 Å². The standard InChI is InChI=1S/C14H10O2.CN/c15-13(11-7-3-1-4-8-11)14(16)12-9-5-2-6-10-12;1-2/h1-10H;/q;-1. The van der Waals surface area contributed by atoms with Crippen LogP contribution in [0.15, 0.2) is 60.7 Å². The van der Waals surface area contributed by atoms with Crippen LogP contribution >= 0.6 is 0 Å². The van der Waals surface area contributed by atoms with Crippen molar-refractivity contribution >= 4 is 11.6 Å². The number of rotatable bonds is 3. The predicted octanol–water partition coefficient (Wildman–Crippen LogP) is 2.85. The molecule has 3 nitrogen and oxygen atoms in total. The van der Waals surface area contributed by atoms with E-state index in [9.17, 15) is 9.59 Å². The Morgan fingerprint density at radius 1 is 0.667 bits per heavy atom. The normalized spacial score (nSPS) is 8.78. The van der Waals surface area contributed by atoms with E-state index in [-0.39, 0.29) is 0 Å². The van der Waals surface area contributed by atoms with Crippen LogP contribution in [0.5, 0.6) is 0 Å². The Morgan fingerprint density at radius 2 is 0.944 bits per heavy atom. The quantitative estimate of drug-likeness (QED) is 0.467. The van der Waals surface area contributed by atoms with Crippen molar-refractivity contribution in [3.63, 3.8) is 0 Å². The fourth-order valence-electron chi connectivity index (χ4n) is 1.44. The van der Waals surface area contributed by atoms with E-state index in [0.717, 1.165) is 0 Å². The monoisotopic (exact) mass is 236 g/mol. The molecule has 0 aliphatic carbocycles. The smallest absolute Gasteiger partial charge is 0.233 e. The molecule has 0 radical (unpaired) electrons. The molecule has 0 bridgehead atoms. The summed E-state index contributed by atoms with van der Waals surface area (Å²) in [6.45, 7) is 4.75. The van der Waals surface area contributed by atoms with Crippen LogP contribution in [0.25, 0.3) is 0 Å². The average Bonchev–Trinajstić information content (AvgIpc) is 2.49. The molecule has 2 aromatic carbocycles. The molecule has 0 unspecified atom stereocenters. The van der Waals surface area contributed by atoms with Gasteiger partial charge < -0.3 is 11.8 Å². The molecule has 2 aromatic rings. The molecule has 3 heteroatoms. The number of carbonyl (C=O) groups excluding carboxylic acids is 2. The second kappa shape index (κ2) is 6.77. The zero-order chi connectivity index (χ0) is 13.4. The van der Waals surface area contributed by atoms with Crippen LogP contribution in [-0.2, 0) is 0 Å². The third-order valence-electron chi connectivity index (χ3n) is 2.28. The van der Waals surface area contributed by atoms with Crippen LogP contribution in [0.1, 0.15) is 20.7 Å². The minimum absolute atomic E-state index is 0.427. The lowest BCUT2D eigenvalue weighted by Crippen LogP contribution is -2.14. The Bertz CT molecular complexity index is 495. The summed E-state index contributed by atoms with van der Waals surface area (Å²) >= 11 is 0. The van der Waals surface area contributed by atoms with Crippen LogP contribution in [0.4, 0.5) is 0 Å². The van der Waals surface area contributed by atoms with E-state index < -0.39 is 11.6 Å². The van der Waals surface area contributed by atoms with Crippen LogP contribution in [0.2, 0.25) is 0 Å². The summed E-state index contributed by atoms with van der Waals surface area (Å²) in [5.41, 5.74) is 0.854. The fourth-order valence-corrected chi connectivity index (χ4v) is 1.44. The molecular weight excluding hydrogens is 226 g/mol. The molecular formula is C15H10NO2-. The molecule has 18 heavy (non-hydrogen) atoms. The van der Waals surface area contributed by atoms with E-state index in [0.29, 0.717) is 11.1 Å². The van der Waals surface area contributed by atoms with Gasteiger partial charge in [0, 0.05) is 11.1 Å². The first-order valence-corrected chi connectivity index (χ1v) is 5.20. The maximum atomic E-state index is 11.8. The number of hydrogen-bond acceptors (Lipinski definition) is 3. The Morgan fingerprint density at radius 3 is 1.22 bits per heavy atom. The summed E-state index contributed by atoms with van der Waals surface area (Å²) in [6, 6.07) is 17.2. The van der Waals surface area contributed by atoms with Gasteiger partial charge in [-0.1, -0.05) is 60.7 Å². The average molecular weight is 236 g/mol. The van der Waals surface area contributed by atoms with E-state index in [2.05, 4.69) is 0 Å². The third kappa shape index (κ3) is 3.13. The molecule has 0 aliphatic heterocycles. The molecule has 0 spiro atoms. The van der Waals surface area contributed by atoms with E-state index in [1.165, 1.54) is 0 Å². The van der Waals surface area contributed by atoms with Gasteiger partial charge in [-0.3, -0.25) is 9.59 Å². The van der Waals surface area contributed by atoms with Crippen LogP contribution in [-0.4, -0.2) is 11.6 Å². The van der Waals surface area contributed by atoms with Gasteiger partial charge in [-0.25, -0.2) is 0 Å². The number of benzene rings is 2. The van der Waals surface area contributed by atoms with Gasteiger partial charge in [0.25, 0.3) is 0 Å². The Hall–Kier alpha value is -2.73. The molecule has 0 saturated carbocycles. The first-order valence-electron chi connectivity index (χ1n) is 5.20. The van der Waals surface area contributed by atoms with Gasteiger partial charge in [-0.2, -0.15) is 0 Å². The zero-order valence-corrected chi connectivity index (χ0v) is 9.54. The lowest BCUT2D eigenvalue weighted by atomic mass is 10.0. The fraction of sp³-hybridized carbons (Fsp3) is 0. The summed E-state index contributed by atoms with van der Waals surface area (Å²) in [5, 5.41) is 6.25. The number of carbonyl (C=O) groups is 2. The molecule has 0 saturated heterocycles. The van der Waals surface area contributed by atoms with Crippen LogP contribution in [0, 0.1) is 11.8 Å². The first kappa shape index (κ1) is 13.3. The Labute approximate surface area is 105 Å². The molecule has 88 valence electrons. The molecule has 0 N–H and O–H groups in total. The van der Waals surface area contributed by atoms with Gasteiger partial charge in [-0.05, 0) is 0 Å². The minimum Gasteiger partial charge on any atom is -0.512 e. The first-order chi connectivity index (χ1) is 8.79. The van der Waals surface area contributed by atoms with E-state index in [1.807, 2.05) is 12.1 Å². The Kier molecular flexibility index (Phi) is 5.01. The highest BCUT2D eigenvalue weighted by atomic mass is 16.2.